The summed E-state index contributed by atoms with van der Waals surface area (Å²) < 4.78 is 7.09. The molecular weight excluding hydrogens is 490 g/mol. The Morgan fingerprint density at radius 1 is 1.11 bits per heavy atom. The number of ether oxygens (including phenoxy) is 1. The molecule has 0 radical (unpaired) electrons. The summed E-state index contributed by atoms with van der Waals surface area (Å²) in [5.74, 6) is 0.538. The van der Waals surface area contributed by atoms with E-state index in [9.17, 15) is 9.59 Å². The lowest BCUT2D eigenvalue weighted by Crippen LogP contribution is -2.24. The number of benzene rings is 2. The van der Waals surface area contributed by atoms with Gasteiger partial charge in [-0.15, -0.1) is 11.3 Å². The second kappa shape index (κ2) is 10.1. The molecule has 0 bridgehead atoms. The molecule has 0 fully saturated rings. The quantitative estimate of drug-likeness (QED) is 0.250. The fraction of sp³-hybridized carbons (Fsp3) is 0.321. The number of amides is 1. The molecule has 0 saturated carbocycles. The van der Waals surface area contributed by atoms with Gasteiger partial charge in [-0.05, 0) is 81.3 Å². The van der Waals surface area contributed by atoms with Crippen LogP contribution in [-0.4, -0.2) is 28.3 Å². The van der Waals surface area contributed by atoms with E-state index in [1.807, 2.05) is 51.1 Å². The molecule has 4 aromatic rings. The highest BCUT2D eigenvalue weighted by atomic mass is 32.2. The molecule has 8 heteroatoms. The summed E-state index contributed by atoms with van der Waals surface area (Å²) >= 11 is 2.91. The molecule has 1 N–H and O–H groups in total. The summed E-state index contributed by atoms with van der Waals surface area (Å²) in [4.78, 5) is 33.9. The van der Waals surface area contributed by atoms with E-state index in [0.717, 1.165) is 63.8 Å². The van der Waals surface area contributed by atoms with Gasteiger partial charge in [0.25, 0.3) is 5.56 Å². The van der Waals surface area contributed by atoms with Gasteiger partial charge in [-0.25, -0.2) is 4.98 Å². The third-order valence-corrected chi connectivity index (χ3v) is 8.64. The van der Waals surface area contributed by atoms with E-state index in [2.05, 4.69) is 11.4 Å². The van der Waals surface area contributed by atoms with Crippen molar-refractivity contribution in [1.29, 1.82) is 0 Å². The van der Waals surface area contributed by atoms with Gasteiger partial charge in [-0.3, -0.25) is 14.2 Å². The summed E-state index contributed by atoms with van der Waals surface area (Å²) in [7, 11) is 1.58. The van der Waals surface area contributed by atoms with Crippen LogP contribution < -0.4 is 15.6 Å². The van der Waals surface area contributed by atoms with E-state index in [-0.39, 0.29) is 17.2 Å². The van der Waals surface area contributed by atoms with Crippen molar-refractivity contribution >= 4 is 44.9 Å². The molecule has 1 amide bonds. The van der Waals surface area contributed by atoms with E-state index in [1.165, 1.54) is 16.6 Å². The van der Waals surface area contributed by atoms with Gasteiger partial charge >= 0.3 is 0 Å². The Balaban J connectivity index is 1.54. The smallest absolute Gasteiger partial charge is 0.267 e. The lowest BCUT2D eigenvalue weighted by molar-refractivity contribution is -0.113. The van der Waals surface area contributed by atoms with Crippen molar-refractivity contribution in [1.82, 2.24) is 9.55 Å². The van der Waals surface area contributed by atoms with Crippen molar-refractivity contribution in [3.8, 4) is 11.4 Å². The number of hydrogen-bond acceptors (Lipinski definition) is 6. The topological polar surface area (TPSA) is 73.2 Å². The number of methoxy groups -OCH3 is 1. The van der Waals surface area contributed by atoms with Crippen LogP contribution in [0.15, 0.2) is 46.3 Å². The van der Waals surface area contributed by atoms with E-state index in [0.29, 0.717) is 16.6 Å². The predicted molar refractivity (Wildman–Crippen MR) is 148 cm³/mol. The molecule has 6 nitrogen and oxygen atoms in total. The van der Waals surface area contributed by atoms with Gasteiger partial charge in [-0.2, -0.15) is 0 Å². The minimum absolute atomic E-state index is 0.0467. The maximum absolute atomic E-state index is 14.0. The van der Waals surface area contributed by atoms with Gasteiger partial charge in [0, 0.05) is 4.88 Å². The molecule has 2 heterocycles. The van der Waals surface area contributed by atoms with Crippen LogP contribution in [0, 0.1) is 20.8 Å². The summed E-state index contributed by atoms with van der Waals surface area (Å²) in [6, 6.07) is 11.7. The van der Waals surface area contributed by atoms with E-state index in [4.69, 9.17) is 9.72 Å². The van der Waals surface area contributed by atoms with E-state index in [1.54, 1.807) is 23.0 Å². The minimum atomic E-state index is -0.184. The van der Waals surface area contributed by atoms with Crippen molar-refractivity contribution in [2.24, 2.45) is 0 Å². The van der Waals surface area contributed by atoms with Crippen LogP contribution >= 0.6 is 23.1 Å². The summed E-state index contributed by atoms with van der Waals surface area (Å²) in [5, 5.41) is 4.22. The third-order valence-electron chi connectivity index (χ3n) is 6.51. The molecule has 0 aliphatic heterocycles. The fourth-order valence-corrected chi connectivity index (χ4v) is 6.90. The molecule has 186 valence electrons. The molecule has 36 heavy (non-hydrogen) atoms. The van der Waals surface area contributed by atoms with Crippen molar-refractivity contribution in [2.75, 3.05) is 18.2 Å². The number of carbonyl (C=O) groups is 1. The van der Waals surface area contributed by atoms with Crippen LogP contribution in [0.1, 0.15) is 40.0 Å². The van der Waals surface area contributed by atoms with Gasteiger partial charge in [0.1, 0.15) is 10.6 Å². The summed E-state index contributed by atoms with van der Waals surface area (Å²) in [6.45, 7) is 6.01. The Morgan fingerprint density at radius 2 is 1.86 bits per heavy atom. The number of carbonyl (C=O) groups excluding carboxylic acids is 1. The highest BCUT2D eigenvalue weighted by Gasteiger charge is 2.24. The number of thiophene rings is 1. The molecule has 1 aliphatic carbocycles. The average Bonchev–Trinajstić information content (AvgIpc) is 3.22. The third kappa shape index (κ3) is 4.67. The number of aryl methyl sites for hydroxylation is 5. The molecule has 0 saturated heterocycles. The first kappa shape index (κ1) is 24.6. The lowest BCUT2D eigenvalue weighted by Gasteiger charge is -2.16. The first-order valence-electron chi connectivity index (χ1n) is 12.1. The Bertz CT molecular complexity index is 1540. The SMILES string of the molecule is COc1ccc(C)cc1NC(=O)CSc1nc2sc3c(c2c(=O)n1-c1ccc(C)cc1C)CCCC3. The number of anilines is 1. The van der Waals surface area contributed by atoms with E-state index >= 15 is 0 Å². The molecule has 0 spiro atoms. The first-order chi connectivity index (χ1) is 17.4. The summed E-state index contributed by atoms with van der Waals surface area (Å²) in [5.41, 5.74) is 5.71. The number of nitrogens with one attached hydrogen (secondary N) is 1. The number of rotatable bonds is 6. The molecular formula is C28H29N3O3S2. The minimum Gasteiger partial charge on any atom is -0.495 e. The molecule has 5 rings (SSSR count). The number of nitrogens with zero attached hydrogens (tertiary/aromatic N) is 2. The predicted octanol–water partition coefficient (Wildman–Crippen LogP) is 5.99. The standard InChI is InChI=1S/C28H29N3O3S2/c1-16-9-11-21(18(3)13-16)31-27(33)25-19-7-5-6-8-23(19)36-26(25)30-28(31)35-15-24(32)29-20-14-17(2)10-12-22(20)34-4/h9-14H,5-8,15H2,1-4H3,(H,29,32). The zero-order valence-electron chi connectivity index (χ0n) is 20.9. The lowest BCUT2D eigenvalue weighted by atomic mass is 9.97. The zero-order valence-corrected chi connectivity index (χ0v) is 22.6. The normalized spacial score (nSPS) is 13.0. The van der Waals surface area contributed by atoms with Gasteiger partial charge < -0.3 is 10.1 Å². The van der Waals surface area contributed by atoms with Crippen molar-refractivity contribution < 1.29 is 9.53 Å². The zero-order chi connectivity index (χ0) is 25.4. The number of fused-ring (bicyclic) bond motifs is 3. The largest absolute Gasteiger partial charge is 0.495 e. The molecule has 2 aromatic carbocycles. The molecule has 0 atom stereocenters. The highest BCUT2D eigenvalue weighted by Crippen LogP contribution is 2.35. The maximum atomic E-state index is 14.0. The van der Waals surface area contributed by atoms with Crippen LogP contribution in [0.4, 0.5) is 5.69 Å². The second-order valence-corrected chi connectivity index (χ2v) is 11.3. The van der Waals surface area contributed by atoms with Gasteiger partial charge in [-0.1, -0.05) is 35.5 Å². The number of thioether (sulfide) groups is 1. The Kier molecular flexibility index (Phi) is 6.90. The Labute approximate surface area is 218 Å². The highest BCUT2D eigenvalue weighted by molar-refractivity contribution is 7.99. The molecule has 1 aliphatic rings. The van der Waals surface area contributed by atoms with Gasteiger partial charge in [0.05, 0.1) is 29.6 Å². The van der Waals surface area contributed by atoms with Gasteiger partial charge in [0.15, 0.2) is 5.16 Å². The Hall–Kier alpha value is -3.10. The van der Waals surface area contributed by atoms with Crippen LogP contribution in [0.25, 0.3) is 15.9 Å². The number of hydrogen-bond donors (Lipinski definition) is 1. The fourth-order valence-electron chi connectivity index (χ4n) is 4.79. The molecule has 2 aromatic heterocycles. The van der Waals surface area contributed by atoms with Crippen LogP contribution in [-0.2, 0) is 17.6 Å². The number of aromatic nitrogens is 2. The Morgan fingerprint density at radius 3 is 2.64 bits per heavy atom. The molecule has 0 unspecified atom stereocenters. The monoisotopic (exact) mass is 519 g/mol. The van der Waals surface area contributed by atoms with Crippen LogP contribution in [0.3, 0.4) is 0 Å². The van der Waals surface area contributed by atoms with E-state index < -0.39 is 0 Å². The maximum Gasteiger partial charge on any atom is 0.267 e. The van der Waals surface area contributed by atoms with Gasteiger partial charge in [0.2, 0.25) is 5.91 Å². The second-order valence-electron chi connectivity index (χ2n) is 9.26. The first-order valence-corrected chi connectivity index (χ1v) is 13.9. The van der Waals surface area contributed by atoms with Crippen molar-refractivity contribution in [2.45, 2.75) is 51.6 Å². The van der Waals surface area contributed by atoms with Crippen molar-refractivity contribution in [3.63, 3.8) is 0 Å². The van der Waals surface area contributed by atoms with Crippen LogP contribution in [0.5, 0.6) is 5.75 Å². The average molecular weight is 520 g/mol. The van der Waals surface area contributed by atoms with Crippen molar-refractivity contribution in [3.05, 3.63) is 73.9 Å². The summed E-state index contributed by atoms with van der Waals surface area (Å²) in [6.07, 6.45) is 4.17. The van der Waals surface area contributed by atoms with Crippen LogP contribution in [0.2, 0.25) is 0 Å².